The van der Waals surface area contributed by atoms with Crippen LogP contribution in [0.3, 0.4) is 0 Å². The van der Waals surface area contributed by atoms with Gasteiger partial charge in [0.05, 0.1) is 12.7 Å². The highest BCUT2D eigenvalue weighted by Gasteiger charge is 2.32. The van der Waals surface area contributed by atoms with Crippen LogP contribution in [0.1, 0.15) is 31.2 Å². The maximum absolute atomic E-state index is 13.3. The molecule has 0 saturated heterocycles. The van der Waals surface area contributed by atoms with Gasteiger partial charge in [-0.3, -0.25) is 9.59 Å². The molecule has 1 aromatic heterocycles. The second kappa shape index (κ2) is 10.8. The molecule has 36 heavy (non-hydrogen) atoms. The highest BCUT2D eigenvalue weighted by atomic mass is 19.4. The number of methoxy groups -OCH3 is 1. The van der Waals surface area contributed by atoms with Crippen LogP contribution in [0.5, 0.6) is 5.75 Å². The van der Waals surface area contributed by atoms with Crippen molar-refractivity contribution in [3.05, 3.63) is 54.1 Å². The molecule has 0 spiro atoms. The number of halogens is 3. The molecule has 2 amide bonds. The molecule has 1 saturated carbocycles. The van der Waals surface area contributed by atoms with E-state index in [1.54, 1.807) is 31.4 Å². The first-order valence-corrected chi connectivity index (χ1v) is 11.4. The standard InChI is InChI=1S/C24H25F3N6O3/c1-36-20-11-9-16(10-12-20)23-29-31-33(30-23)15-22(35)32(14-21(34)28-18-6-2-3-7-18)19-8-4-5-17(13-19)24(25,26)27/h4-5,8-13,18H,2-3,6-7,14-15H2,1H3,(H,28,34). The molecular formula is C24H25F3N6O3. The first-order valence-electron chi connectivity index (χ1n) is 11.4. The van der Waals surface area contributed by atoms with Crippen LogP contribution in [0, 0.1) is 0 Å². The molecule has 1 aliphatic carbocycles. The van der Waals surface area contributed by atoms with E-state index in [0.717, 1.165) is 47.5 Å². The number of hydrogen-bond acceptors (Lipinski definition) is 6. The summed E-state index contributed by atoms with van der Waals surface area (Å²) in [6.07, 6.45) is -0.941. The molecule has 2 aromatic carbocycles. The van der Waals surface area contributed by atoms with E-state index < -0.39 is 36.6 Å². The van der Waals surface area contributed by atoms with Gasteiger partial charge in [0.25, 0.3) is 5.91 Å². The van der Waals surface area contributed by atoms with Gasteiger partial charge < -0.3 is 15.0 Å². The molecule has 1 N–H and O–H groups in total. The van der Waals surface area contributed by atoms with Crippen molar-refractivity contribution < 1.29 is 27.5 Å². The van der Waals surface area contributed by atoms with Crippen molar-refractivity contribution in [3.63, 3.8) is 0 Å². The number of carbonyl (C=O) groups is 2. The summed E-state index contributed by atoms with van der Waals surface area (Å²) < 4.78 is 45.0. The average molecular weight is 502 g/mol. The Labute approximate surface area is 205 Å². The number of ether oxygens (including phenoxy) is 1. The van der Waals surface area contributed by atoms with Crippen LogP contribution in [0.25, 0.3) is 11.4 Å². The number of amides is 2. The summed E-state index contributed by atoms with van der Waals surface area (Å²) in [6.45, 7) is -0.854. The van der Waals surface area contributed by atoms with Gasteiger partial charge in [-0.1, -0.05) is 18.9 Å². The molecule has 0 bridgehead atoms. The van der Waals surface area contributed by atoms with Gasteiger partial charge >= 0.3 is 6.18 Å². The highest BCUT2D eigenvalue weighted by molar-refractivity contribution is 5.98. The Hall–Kier alpha value is -3.96. The zero-order valence-electron chi connectivity index (χ0n) is 19.5. The Kier molecular flexibility index (Phi) is 7.51. The summed E-state index contributed by atoms with van der Waals surface area (Å²) in [5.74, 6) is -0.198. The largest absolute Gasteiger partial charge is 0.497 e. The molecule has 9 nitrogen and oxygen atoms in total. The zero-order chi connectivity index (χ0) is 25.7. The van der Waals surface area contributed by atoms with Crippen molar-refractivity contribution in [2.45, 2.75) is 44.4 Å². The molecular weight excluding hydrogens is 477 g/mol. The molecule has 0 atom stereocenters. The number of hydrogen-bond donors (Lipinski definition) is 1. The smallest absolute Gasteiger partial charge is 0.416 e. The van der Waals surface area contributed by atoms with E-state index in [1.807, 2.05) is 0 Å². The monoisotopic (exact) mass is 502 g/mol. The lowest BCUT2D eigenvalue weighted by Crippen LogP contribution is -2.45. The number of anilines is 1. The van der Waals surface area contributed by atoms with Crippen LogP contribution in [-0.4, -0.2) is 51.7 Å². The molecule has 190 valence electrons. The third-order valence-corrected chi connectivity index (χ3v) is 5.89. The average Bonchev–Trinajstić information content (AvgIpc) is 3.54. The lowest BCUT2D eigenvalue weighted by Gasteiger charge is -2.24. The second-order valence-corrected chi connectivity index (χ2v) is 8.45. The predicted molar refractivity (Wildman–Crippen MR) is 124 cm³/mol. The van der Waals surface area contributed by atoms with Crippen LogP contribution in [0.4, 0.5) is 18.9 Å². The van der Waals surface area contributed by atoms with Crippen LogP contribution in [-0.2, 0) is 22.3 Å². The third-order valence-electron chi connectivity index (χ3n) is 5.89. The molecule has 1 fully saturated rings. The van der Waals surface area contributed by atoms with Gasteiger partial charge in [-0.15, -0.1) is 10.2 Å². The molecule has 0 radical (unpaired) electrons. The fraction of sp³-hybridized carbons (Fsp3) is 0.375. The number of alkyl halides is 3. The van der Waals surface area contributed by atoms with E-state index in [1.165, 1.54) is 12.1 Å². The minimum Gasteiger partial charge on any atom is -0.497 e. The highest BCUT2D eigenvalue weighted by Crippen LogP contribution is 2.32. The second-order valence-electron chi connectivity index (χ2n) is 8.45. The van der Waals surface area contributed by atoms with E-state index in [-0.39, 0.29) is 17.6 Å². The van der Waals surface area contributed by atoms with E-state index >= 15 is 0 Å². The van der Waals surface area contributed by atoms with Crippen LogP contribution in [0.15, 0.2) is 48.5 Å². The summed E-state index contributed by atoms with van der Waals surface area (Å²) in [5, 5.41) is 14.9. The van der Waals surface area contributed by atoms with Crippen molar-refractivity contribution in [1.29, 1.82) is 0 Å². The fourth-order valence-corrected chi connectivity index (χ4v) is 4.03. The Morgan fingerprint density at radius 3 is 2.53 bits per heavy atom. The van der Waals surface area contributed by atoms with Gasteiger partial charge in [-0.2, -0.15) is 18.0 Å². The number of aromatic nitrogens is 4. The molecule has 0 aliphatic heterocycles. The quantitative estimate of drug-likeness (QED) is 0.506. The van der Waals surface area contributed by atoms with Gasteiger partial charge in [0.2, 0.25) is 11.7 Å². The number of nitrogens with one attached hydrogen (secondary N) is 1. The van der Waals surface area contributed by atoms with E-state index in [9.17, 15) is 22.8 Å². The molecule has 1 heterocycles. The summed E-state index contributed by atoms with van der Waals surface area (Å²) in [6, 6.07) is 11.2. The Morgan fingerprint density at radius 2 is 1.86 bits per heavy atom. The Bertz CT molecular complexity index is 1210. The molecule has 4 rings (SSSR count). The van der Waals surface area contributed by atoms with Gasteiger partial charge in [-0.05, 0) is 60.5 Å². The predicted octanol–water partition coefficient (Wildman–Crippen LogP) is 3.46. The van der Waals surface area contributed by atoms with E-state index in [0.29, 0.717) is 11.3 Å². The molecule has 3 aromatic rings. The van der Waals surface area contributed by atoms with Crippen molar-refractivity contribution in [1.82, 2.24) is 25.5 Å². The fourth-order valence-electron chi connectivity index (χ4n) is 4.03. The van der Waals surface area contributed by atoms with Gasteiger partial charge in [-0.25, -0.2) is 0 Å². The minimum absolute atomic E-state index is 0.00000144. The van der Waals surface area contributed by atoms with Crippen molar-refractivity contribution in [2.75, 3.05) is 18.6 Å². The van der Waals surface area contributed by atoms with Gasteiger partial charge in [0, 0.05) is 17.3 Å². The summed E-state index contributed by atoms with van der Waals surface area (Å²) in [7, 11) is 1.54. The minimum atomic E-state index is -4.60. The summed E-state index contributed by atoms with van der Waals surface area (Å²) in [5.41, 5.74) is -0.332. The number of rotatable bonds is 8. The lowest BCUT2D eigenvalue weighted by atomic mass is 10.1. The number of benzene rings is 2. The third kappa shape index (κ3) is 6.18. The SMILES string of the molecule is COc1ccc(-c2nnn(CC(=O)N(CC(=O)NC3CCCC3)c3cccc(C(F)(F)F)c3)n2)cc1. The Balaban J connectivity index is 1.54. The molecule has 0 unspecified atom stereocenters. The van der Waals surface area contributed by atoms with Gasteiger partial charge in [0.15, 0.2) is 0 Å². The topological polar surface area (TPSA) is 102 Å². The van der Waals surface area contributed by atoms with Crippen LogP contribution >= 0.6 is 0 Å². The maximum Gasteiger partial charge on any atom is 0.416 e. The van der Waals surface area contributed by atoms with Crippen molar-refractivity contribution in [2.24, 2.45) is 0 Å². The molecule has 12 heteroatoms. The Morgan fingerprint density at radius 1 is 1.14 bits per heavy atom. The van der Waals surface area contributed by atoms with Gasteiger partial charge in [0.1, 0.15) is 18.8 Å². The maximum atomic E-state index is 13.3. The number of carbonyl (C=O) groups excluding carboxylic acids is 2. The van der Waals surface area contributed by atoms with E-state index in [4.69, 9.17) is 4.74 Å². The van der Waals surface area contributed by atoms with Crippen molar-refractivity contribution >= 4 is 17.5 Å². The summed E-state index contributed by atoms with van der Waals surface area (Å²) in [4.78, 5) is 27.9. The van der Waals surface area contributed by atoms with Crippen LogP contribution in [0.2, 0.25) is 0 Å². The normalized spacial score (nSPS) is 14.0. The number of nitrogens with zero attached hydrogens (tertiary/aromatic N) is 5. The van der Waals surface area contributed by atoms with Crippen molar-refractivity contribution in [3.8, 4) is 17.1 Å². The summed E-state index contributed by atoms with van der Waals surface area (Å²) >= 11 is 0. The first-order chi connectivity index (χ1) is 17.2. The van der Waals surface area contributed by atoms with Crippen LogP contribution < -0.4 is 15.0 Å². The molecule has 1 aliphatic rings. The van der Waals surface area contributed by atoms with E-state index in [2.05, 4.69) is 20.7 Å². The zero-order valence-corrected chi connectivity index (χ0v) is 19.5. The first kappa shape index (κ1) is 25.1. The number of tetrazole rings is 1. The lowest BCUT2D eigenvalue weighted by molar-refractivity contribution is -0.137.